The first-order chi connectivity index (χ1) is 15.4. The van der Waals surface area contributed by atoms with Gasteiger partial charge in [-0.3, -0.25) is 14.4 Å². The van der Waals surface area contributed by atoms with E-state index in [0.29, 0.717) is 6.42 Å². The second-order valence-corrected chi connectivity index (χ2v) is 7.52. The number of nitrogens with one attached hydrogen (secondary N) is 3. The first-order valence-electron chi connectivity index (χ1n) is 10.3. The van der Waals surface area contributed by atoms with Crippen LogP contribution < -0.4 is 16.0 Å². The molecule has 166 valence electrons. The molecule has 0 bridgehead atoms. The van der Waals surface area contributed by atoms with E-state index in [9.17, 15) is 24.3 Å². The predicted octanol–water partition coefficient (Wildman–Crippen LogP) is 1.28. The zero-order chi connectivity index (χ0) is 22.9. The molecule has 0 radical (unpaired) electrons. The Bertz CT molecular complexity index is 991. The van der Waals surface area contributed by atoms with Crippen LogP contribution in [0.5, 0.6) is 0 Å². The quantitative estimate of drug-likeness (QED) is 0.472. The Hall–Kier alpha value is -3.94. The number of rotatable bonds is 9. The monoisotopic (exact) mass is 435 g/mol. The van der Waals surface area contributed by atoms with E-state index in [1.54, 1.807) is 12.2 Å². The van der Waals surface area contributed by atoms with Crippen molar-refractivity contribution in [2.45, 2.75) is 37.4 Å². The molecule has 32 heavy (non-hydrogen) atoms. The van der Waals surface area contributed by atoms with Gasteiger partial charge in [-0.15, -0.1) is 0 Å². The molecule has 1 heterocycles. The van der Waals surface area contributed by atoms with Crippen LogP contribution in [0.4, 0.5) is 0 Å². The summed E-state index contributed by atoms with van der Waals surface area (Å²) in [5, 5.41) is 17.0. The molecule has 8 heteroatoms. The largest absolute Gasteiger partial charge is 0.480 e. The van der Waals surface area contributed by atoms with Gasteiger partial charge in [-0.05, 0) is 17.5 Å². The lowest BCUT2D eigenvalue weighted by Gasteiger charge is -2.29. The number of amides is 3. The predicted molar refractivity (Wildman–Crippen MR) is 118 cm³/mol. The Morgan fingerprint density at radius 2 is 1.53 bits per heavy atom. The second-order valence-electron chi connectivity index (χ2n) is 7.52. The average molecular weight is 435 g/mol. The van der Waals surface area contributed by atoms with Crippen molar-refractivity contribution < 1.29 is 24.3 Å². The van der Waals surface area contributed by atoms with Crippen LogP contribution >= 0.6 is 0 Å². The number of piperazine rings is 1. The number of carboxylic acids is 1. The standard InChI is InChI=1S/C24H25N3O5/c28-21(25-18(24(31)32)13-7-12-16-8-3-1-4-9-16)15-20-23(30)26-19(22(29)27-20)14-17-10-5-2-6-11-17/h1-12,18-20H,13-15H2,(H,25,28)(H,26,30)(H,27,29)(H,31,32)/b12-7+/t18-,19-,20-/m0/s1. The molecule has 8 nitrogen and oxygen atoms in total. The first kappa shape index (κ1) is 22.7. The molecule has 0 unspecified atom stereocenters. The van der Waals surface area contributed by atoms with E-state index < -0.39 is 35.9 Å². The van der Waals surface area contributed by atoms with Crippen molar-refractivity contribution in [2.24, 2.45) is 0 Å². The molecular formula is C24H25N3O5. The molecule has 2 aromatic carbocycles. The van der Waals surface area contributed by atoms with Gasteiger partial charge >= 0.3 is 5.97 Å². The van der Waals surface area contributed by atoms with E-state index in [-0.39, 0.29) is 18.7 Å². The van der Waals surface area contributed by atoms with Gasteiger partial charge in [-0.2, -0.15) is 0 Å². The van der Waals surface area contributed by atoms with Crippen molar-refractivity contribution in [3.63, 3.8) is 0 Å². The van der Waals surface area contributed by atoms with E-state index in [0.717, 1.165) is 11.1 Å². The van der Waals surface area contributed by atoms with E-state index in [1.165, 1.54) is 0 Å². The zero-order valence-corrected chi connectivity index (χ0v) is 17.4. The van der Waals surface area contributed by atoms with Crippen LogP contribution in [-0.4, -0.2) is 46.9 Å². The Kier molecular flexibility index (Phi) is 7.75. The number of carboxylic acid groups (broad SMARTS) is 1. The fourth-order valence-electron chi connectivity index (χ4n) is 3.38. The topological polar surface area (TPSA) is 125 Å². The molecule has 0 aromatic heterocycles. The summed E-state index contributed by atoms with van der Waals surface area (Å²) in [4.78, 5) is 48.6. The lowest BCUT2D eigenvalue weighted by Crippen LogP contribution is -2.63. The maximum Gasteiger partial charge on any atom is 0.326 e. The van der Waals surface area contributed by atoms with Crippen molar-refractivity contribution in [3.05, 3.63) is 77.9 Å². The normalized spacial score (nSPS) is 19.1. The van der Waals surface area contributed by atoms with Gasteiger partial charge in [0, 0.05) is 6.42 Å². The first-order valence-corrected chi connectivity index (χ1v) is 10.3. The minimum absolute atomic E-state index is 0.0817. The minimum Gasteiger partial charge on any atom is -0.480 e. The van der Waals surface area contributed by atoms with Crippen molar-refractivity contribution >= 4 is 29.8 Å². The van der Waals surface area contributed by atoms with Crippen molar-refractivity contribution in [3.8, 4) is 0 Å². The molecule has 2 aromatic rings. The fourth-order valence-corrected chi connectivity index (χ4v) is 3.38. The lowest BCUT2D eigenvalue weighted by atomic mass is 10.0. The number of benzene rings is 2. The van der Waals surface area contributed by atoms with Crippen LogP contribution in [0.15, 0.2) is 66.7 Å². The molecule has 3 amide bonds. The summed E-state index contributed by atoms with van der Waals surface area (Å²) in [6, 6.07) is 15.7. The van der Waals surface area contributed by atoms with Gasteiger partial charge in [0.1, 0.15) is 18.1 Å². The van der Waals surface area contributed by atoms with Gasteiger partial charge in [0.15, 0.2) is 0 Å². The molecule has 1 fully saturated rings. The molecule has 4 N–H and O–H groups in total. The number of hydrogen-bond acceptors (Lipinski definition) is 4. The van der Waals surface area contributed by atoms with E-state index in [4.69, 9.17) is 0 Å². The molecular weight excluding hydrogens is 410 g/mol. The lowest BCUT2D eigenvalue weighted by molar-refractivity contribution is -0.142. The zero-order valence-electron chi connectivity index (χ0n) is 17.4. The number of carbonyl (C=O) groups is 4. The summed E-state index contributed by atoms with van der Waals surface area (Å²) in [5.74, 6) is -2.67. The van der Waals surface area contributed by atoms with Crippen LogP contribution in [0, 0.1) is 0 Å². The minimum atomic E-state index is -1.18. The Morgan fingerprint density at radius 3 is 2.19 bits per heavy atom. The van der Waals surface area contributed by atoms with Crippen LogP contribution in [-0.2, 0) is 25.6 Å². The molecule has 3 rings (SSSR count). The number of carbonyl (C=O) groups excluding carboxylic acids is 3. The number of hydrogen-bond donors (Lipinski definition) is 4. The van der Waals surface area contributed by atoms with Crippen molar-refractivity contribution in [1.82, 2.24) is 16.0 Å². The third kappa shape index (κ3) is 6.53. The Balaban J connectivity index is 1.51. The molecule has 0 aliphatic carbocycles. The molecule has 3 atom stereocenters. The smallest absolute Gasteiger partial charge is 0.326 e. The summed E-state index contributed by atoms with van der Waals surface area (Å²) < 4.78 is 0. The average Bonchev–Trinajstić information content (AvgIpc) is 2.78. The molecule has 1 aliphatic heterocycles. The van der Waals surface area contributed by atoms with Crippen LogP contribution in [0.25, 0.3) is 6.08 Å². The van der Waals surface area contributed by atoms with Crippen LogP contribution in [0.3, 0.4) is 0 Å². The maximum absolute atomic E-state index is 12.4. The summed E-state index contributed by atoms with van der Waals surface area (Å²) in [6.45, 7) is 0. The van der Waals surface area contributed by atoms with Gasteiger partial charge in [-0.25, -0.2) is 4.79 Å². The highest BCUT2D eigenvalue weighted by Crippen LogP contribution is 2.09. The third-order valence-electron chi connectivity index (χ3n) is 5.05. The molecule has 1 aliphatic rings. The molecule has 0 spiro atoms. The van der Waals surface area contributed by atoms with Crippen molar-refractivity contribution in [1.29, 1.82) is 0 Å². The summed E-state index contributed by atoms with van der Waals surface area (Å²) >= 11 is 0. The third-order valence-corrected chi connectivity index (χ3v) is 5.05. The van der Waals surface area contributed by atoms with Gasteiger partial charge < -0.3 is 21.1 Å². The van der Waals surface area contributed by atoms with Crippen LogP contribution in [0.2, 0.25) is 0 Å². The van der Waals surface area contributed by atoms with Gasteiger partial charge in [-0.1, -0.05) is 72.8 Å². The highest BCUT2D eigenvalue weighted by atomic mass is 16.4. The molecule has 0 saturated carbocycles. The molecule has 1 saturated heterocycles. The highest BCUT2D eigenvalue weighted by molar-refractivity contribution is 5.99. The van der Waals surface area contributed by atoms with Crippen LogP contribution in [0.1, 0.15) is 24.0 Å². The summed E-state index contributed by atoms with van der Waals surface area (Å²) in [6.07, 6.45) is 3.51. The maximum atomic E-state index is 12.4. The highest BCUT2D eigenvalue weighted by Gasteiger charge is 2.35. The second kappa shape index (κ2) is 10.9. The Morgan fingerprint density at radius 1 is 0.938 bits per heavy atom. The Labute approximate surface area is 185 Å². The summed E-state index contributed by atoms with van der Waals surface area (Å²) in [7, 11) is 0. The van der Waals surface area contributed by atoms with E-state index in [2.05, 4.69) is 16.0 Å². The van der Waals surface area contributed by atoms with Crippen molar-refractivity contribution in [2.75, 3.05) is 0 Å². The van der Waals surface area contributed by atoms with E-state index >= 15 is 0 Å². The van der Waals surface area contributed by atoms with Gasteiger partial charge in [0.25, 0.3) is 0 Å². The fraction of sp³-hybridized carbons (Fsp3) is 0.250. The van der Waals surface area contributed by atoms with Gasteiger partial charge in [0.05, 0.1) is 6.42 Å². The SMILES string of the molecule is O=C(C[C@@H]1NC(=O)[C@H](Cc2ccccc2)NC1=O)N[C@@H](C/C=C/c1ccccc1)C(=O)O. The van der Waals surface area contributed by atoms with E-state index in [1.807, 2.05) is 60.7 Å². The number of aliphatic carboxylic acids is 1. The van der Waals surface area contributed by atoms with Gasteiger partial charge in [0.2, 0.25) is 17.7 Å². The summed E-state index contributed by atoms with van der Waals surface area (Å²) in [5.41, 5.74) is 1.81.